The van der Waals surface area contributed by atoms with Gasteiger partial charge in [-0.3, -0.25) is 4.79 Å². The third-order valence-electron chi connectivity index (χ3n) is 3.87. The Morgan fingerprint density at radius 2 is 2.21 bits per heavy atom. The van der Waals surface area contributed by atoms with Crippen LogP contribution in [-0.4, -0.2) is 17.6 Å². The molecule has 1 aliphatic carbocycles. The van der Waals surface area contributed by atoms with Crippen molar-refractivity contribution in [2.45, 2.75) is 25.4 Å². The molecule has 0 spiro atoms. The largest absolute Gasteiger partial charge is 0.490 e. The number of ether oxygens (including phenoxy) is 1. The summed E-state index contributed by atoms with van der Waals surface area (Å²) in [4.78, 5) is 14.3. The maximum absolute atomic E-state index is 11.6. The van der Waals surface area contributed by atoms with E-state index in [1.807, 2.05) is 24.3 Å². The van der Waals surface area contributed by atoms with E-state index in [0.717, 1.165) is 36.9 Å². The maximum atomic E-state index is 11.6. The number of hydrogen-bond acceptors (Lipinski definition) is 3. The van der Waals surface area contributed by atoms with Crippen LogP contribution in [0.25, 0.3) is 10.8 Å². The van der Waals surface area contributed by atoms with Gasteiger partial charge in [0.15, 0.2) is 0 Å². The Kier molecular flexibility index (Phi) is 3.25. The highest BCUT2D eigenvalue weighted by molar-refractivity contribution is 5.82. The molecule has 0 bridgehead atoms. The van der Waals surface area contributed by atoms with Gasteiger partial charge in [0, 0.05) is 11.6 Å². The SMILES string of the molecule is NC[C@H]1CC[C@@H](Oc2ccc3c(=O)[nH]ccc3c2)C1. The molecule has 0 aliphatic heterocycles. The van der Waals surface area contributed by atoms with Gasteiger partial charge in [-0.15, -0.1) is 0 Å². The number of nitrogens with one attached hydrogen (secondary N) is 1. The second kappa shape index (κ2) is 5.05. The Bertz CT molecular complexity index is 635. The average molecular weight is 258 g/mol. The van der Waals surface area contributed by atoms with Crippen molar-refractivity contribution in [3.63, 3.8) is 0 Å². The predicted octanol–water partition coefficient (Wildman–Crippen LogP) is 2.03. The van der Waals surface area contributed by atoms with E-state index >= 15 is 0 Å². The summed E-state index contributed by atoms with van der Waals surface area (Å²) < 4.78 is 5.99. The monoisotopic (exact) mass is 258 g/mol. The summed E-state index contributed by atoms with van der Waals surface area (Å²) >= 11 is 0. The third kappa shape index (κ3) is 2.49. The number of nitrogens with two attached hydrogens (primary N) is 1. The molecular formula is C15H18N2O2. The highest BCUT2D eigenvalue weighted by Crippen LogP contribution is 2.29. The number of aromatic amines is 1. The lowest BCUT2D eigenvalue weighted by Gasteiger charge is -2.14. The fourth-order valence-corrected chi connectivity index (χ4v) is 2.79. The van der Waals surface area contributed by atoms with Gasteiger partial charge >= 0.3 is 0 Å². The van der Waals surface area contributed by atoms with E-state index in [1.165, 1.54) is 0 Å². The molecule has 0 unspecified atom stereocenters. The van der Waals surface area contributed by atoms with Crippen molar-refractivity contribution in [3.05, 3.63) is 40.8 Å². The summed E-state index contributed by atoms with van der Waals surface area (Å²) in [7, 11) is 0. The summed E-state index contributed by atoms with van der Waals surface area (Å²) in [6.07, 6.45) is 5.16. The highest BCUT2D eigenvalue weighted by Gasteiger charge is 2.24. The number of aromatic nitrogens is 1. The molecule has 19 heavy (non-hydrogen) atoms. The first-order valence-electron chi connectivity index (χ1n) is 6.74. The maximum Gasteiger partial charge on any atom is 0.255 e. The van der Waals surface area contributed by atoms with E-state index in [0.29, 0.717) is 11.3 Å². The minimum Gasteiger partial charge on any atom is -0.490 e. The number of hydrogen-bond donors (Lipinski definition) is 2. The van der Waals surface area contributed by atoms with Gasteiger partial charge in [0.25, 0.3) is 5.56 Å². The van der Waals surface area contributed by atoms with Crippen molar-refractivity contribution in [1.82, 2.24) is 4.98 Å². The lowest BCUT2D eigenvalue weighted by molar-refractivity contribution is 0.205. The highest BCUT2D eigenvalue weighted by atomic mass is 16.5. The molecule has 1 aliphatic rings. The van der Waals surface area contributed by atoms with Crippen LogP contribution in [0.1, 0.15) is 19.3 Å². The fraction of sp³-hybridized carbons (Fsp3) is 0.400. The molecule has 0 amide bonds. The predicted molar refractivity (Wildman–Crippen MR) is 75.4 cm³/mol. The first kappa shape index (κ1) is 12.2. The van der Waals surface area contributed by atoms with Gasteiger partial charge < -0.3 is 15.5 Å². The number of H-pyrrole nitrogens is 1. The summed E-state index contributed by atoms with van der Waals surface area (Å²) in [6.45, 7) is 0.743. The van der Waals surface area contributed by atoms with Crippen LogP contribution in [0.2, 0.25) is 0 Å². The quantitative estimate of drug-likeness (QED) is 0.885. The number of fused-ring (bicyclic) bond motifs is 1. The van der Waals surface area contributed by atoms with Gasteiger partial charge in [-0.05, 0) is 61.4 Å². The molecule has 1 fully saturated rings. The number of pyridine rings is 1. The van der Waals surface area contributed by atoms with E-state index in [4.69, 9.17) is 10.5 Å². The molecule has 100 valence electrons. The Hall–Kier alpha value is -1.81. The molecule has 1 saturated carbocycles. The molecule has 3 N–H and O–H groups in total. The van der Waals surface area contributed by atoms with Crippen LogP contribution in [0.4, 0.5) is 0 Å². The fourth-order valence-electron chi connectivity index (χ4n) is 2.79. The topological polar surface area (TPSA) is 68.1 Å². The normalized spacial score (nSPS) is 22.8. The first-order valence-corrected chi connectivity index (χ1v) is 6.74. The smallest absolute Gasteiger partial charge is 0.255 e. The first-order chi connectivity index (χ1) is 9.26. The van der Waals surface area contributed by atoms with Gasteiger partial charge in [0.05, 0.1) is 6.10 Å². The minimum atomic E-state index is -0.0619. The summed E-state index contributed by atoms with van der Waals surface area (Å²) in [5, 5.41) is 1.61. The Morgan fingerprint density at radius 3 is 3.00 bits per heavy atom. The van der Waals surface area contributed by atoms with Crippen LogP contribution in [0.15, 0.2) is 35.3 Å². The Balaban J connectivity index is 1.81. The van der Waals surface area contributed by atoms with E-state index in [-0.39, 0.29) is 11.7 Å². The zero-order chi connectivity index (χ0) is 13.2. The van der Waals surface area contributed by atoms with Crippen molar-refractivity contribution >= 4 is 10.8 Å². The minimum absolute atomic E-state index is 0.0619. The second-order valence-electron chi connectivity index (χ2n) is 5.21. The van der Waals surface area contributed by atoms with Crippen LogP contribution in [0.3, 0.4) is 0 Å². The second-order valence-corrected chi connectivity index (χ2v) is 5.21. The number of rotatable bonds is 3. The van der Waals surface area contributed by atoms with Gasteiger partial charge in [-0.2, -0.15) is 0 Å². The van der Waals surface area contributed by atoms with Crippen LogP contribution < -0.4 is 16.0 Å². The Morgan fingerprint density at radius 1 is 1.32 bits per heavy atom. The molecule has 2 aromatic rings. The van der Waals surface area contributed by atoms with Crippen molar-refractivity contribution in [1.29, 1.82) is 0 Å². The van der Waals surface area contributed by atoms with E-state index in [9.17, 15) is 4.79 Å². The molecule has 3 rings (SSSR count). The lowest BCUT2D eigenvalue weighted by atomic mass is 10.1. The molecule has 1 aromatic carbocycles. The third-order valence-corrected chi connectivity index (χ3v) is 3.87. The summed E-state index contributed by atoms with van der Waals surface area (Å²) in [5.74, 6) is 1.43. The zero-order valence-electron chi connectivity index (χ0n) is 10.8. The molecule has 1 heterocycles. The van der Waals surface area contributed by atoms with Crippen molar-refractivity contribution in [3.8, 4) is 5.75 Å². The molecule has 2 atom stereocenters. The van der Waals surface area contributed by atoms with Crippen LogP contribution >= 0.6 is 0 Å². The average Bonchev–Trinajstić information content (AvgIpc) is 2.86. The van der Waals surface area contributed by atoms with E-state index in [1.54, 1.807) is 6.20 Å². The van der Waals surface area contributed by atoms with E-state index < -0.39 is 0 Å². The van der Waals surface area contributed by atoms with Gasteiger partial charge in [-0.25, -0.2) is 0 Å². The summed E-state index contributed by atoms with van der Waals surface area (Å²) in [5.41, 5.74) is 5.62. The van der Waals surface area contributed by atoms with Gasteiger partial charge in [-0.1, -0.05) is 0 Å². The van der Waals surface area contributed by atoms with Gasteiger partial charge in [0.2, 0.25) is 0 Å². The molecule has 0 saturated heterocycles. The van der Waals surface area contributed by atoms with Crippen molar-refractivity contribution < 1.29 is 4.74 Å². The molecular weight excluding hydrogens is 240 g/mol. The van der Waals surface area contributed by atoms with Crippen LogP contribution in [0.5, 0.6) is 5.75 Å². The Labute approximate surface area is 111 Å². The molecule has 4 nitrogen and oxygen atoms in total. The van der Waals surface area contributed by atoms with Crippen LogP contribution in [-0.2, 0) is 0 Å². The molecule has 0 radical (unpaired) electrons. The molecule has 1 aromatic heterocycles. The van der Waals surface area contributed by atoms with Crippen molar-refractivity contribution in [2.24, 2.45) is 11.7 Å². The zero-order valence-corrected chi connectivity index (χ0v) is 10.8. The number of benzene rings is 1. The standard InChI is InChI=1S/C15H18N2O2/c16-9-10-1-2-12(7-10)19-13-3-4-14-11(8-13)5-6-17-15(14)18/h3-6,8,10,12H,1-2,7,9,16H2,(H,17,18)/t10-,12+/m0/s1. The lowest BCUT2D eigenvalue weighted by Crippen LogP contribution is -2.15. The van der Waals surface area contributed by atoms with Crippen molar-refractivity contribution in [2.75, 3.05) is 6.54 Å². The van der Waals surface area contributed by atoms with Crippen LogP contribution in [0, 0.1) is 5.92 Å². The molecule has 4 heteroatoms. The van der Waals surface area contributed by atoms with Gasteiger partial charge in [0.1, 0.15) is 5.75 Å². The summed E-state index contributed by atoms with van der Waals surface area (Å²) in [6, 6.07) is 7.51. The van der Waals surface area contributed by atoms with E-state index in [2.05, 4.69) is 4.98 Å².